The second kappa shape index (κ2) is 5.34. The summed E-state index contributed by atoms with van der Waals surface area (Å²) in [5.41, 5.74) is 4.52. The molecule has 5 heteroatoms. The van der Waals surface area contributed by atoms with Crippen molar-refractivity contribution in [1.82, 2.24) is 15.3 Å². The highest BCUT2D eigenvalue weighted by molar-refractivity contribution is 6.47. The number of aromatic amines is 2. The number of aliphatic imine (C=N–C) groups is 1. The van der Waals surface area contributed by atoms with E-state index in [-0.39, 0.29) is 11.9 Å². The Kier molecular flexibility index (Phi) is 3.00. The van der Waals surface area contributed by atoms with E-state index in [0.29, 0.717) is 12.3 Å². The Morgan fingerprint density at radius 1 is 0.880 bits per heavy atom. The largest absolute Gasteiger partial charge is 0.361 e. The summed E-state index contributed by atoms with van der Waals surface area (Å²) >= 11 is 0. The molecule has 0 saturated heterocycles. The summed E-state index contributed by atoms with van der Waals surface area (Å²) in [5, 5.41) is 5.14. The molecule has 0 fully saturated rings. The molecule has 1 aliphatic heterocycles. The quantitative estimate of drug-likeness (QED) is 0.519. The van der Waals surface area contributed by atoms with Crippen LogP contribution >= 0.6 is 0 Å². The summed E-state index contributed by atoms with van der Waals surface area (Å²) < 4.78 is 0. The van der Waals surface area contributed by atoms with Crippen LogP contribution in [-0.2, 0) is 4.79 Å². The first kappa shape index (κ1) is 14.0. The lowest BCUT2D eigenvalue weighted by Gasteiger charge is -2.21. The lowest BCUT2D eigenvalue weighted by atomic mass is 10.0. The van der Waals surface area contributed by atoms with Gasteiger partial charge in [-0.1, -0.05) is 36.4 Å². The van der Waals surface area contributed by atoms with Crippen LogP contribution in [-0.4, -0.2) is 28.1 Å². The van der Waals surface area contributed by atoms with E-state index in [1.807, 2.05) is 54.9 Å². The van der Waals surface area contributed by atoms with Crippen LogP contribution in [0.1, 0.15) is 17.2 Å². The summed E-state index contributed by atoms with van der Waals surface area (Å²) in [5.74, 6) is -0.124. The average Bonchev–Trinajstić information content (AvgIpc) is 3.26. The van der Waals surface area contributed by atoms with E-state index in [1.54, 1.807) is 0 Å². The van der Waals surface area contributed by atoms with Gasteiger partial charge in [0.05, 0.1) is 6.04 Å². The Balaban J connectivity index is 1.65. The minimum absolute atomic E-state index is 0.0995. The van der Waals surface area contributed by atoms with Gasteiger partial charge < -0.3 is 15.3 Å². The topological polar surface area (TPSA) is 73.0 Å². The summed E-state index contributed by atoms with van der Waals surface area (Å²) in [4.78, 5) is 23.8. The zero-order valence-corrected chi connectivity index (χ0v) is 13.4. The predicted molar refractivity (Wildman–Crippen MR) is 98.9 cm³/mol. The van der Waals surface area contributed by atoms with E-state index >= 15 is 0 Å². The Morgan fingerprint density at radius 2 is 1.56 bits per heavy atom. The number of para-hydroxylation sites is 2. The number of nitrogens with zero attached hydrogens (tertiary/aromatic N) is 1. The molecule has 0 radical (unpaired) electrons. The van der Waals surface area contributed by atoms with Crippen molar-refractivity contribution in [3.63, 3.8) is 0 Å². The molecular formula is C20H16N4O. The van der Waals surface area contributed by atoms with Crippen molar-refractivity contribution in [3.05, 3.63) is 72.1 Å². The highest BCUT2D eigenvalue weighted by atomic mass is 16.2. The van der Waals surface area contributed by atoms with Gasteiger partial charge in [-0.05, 0) is 12.1 Å². The molecule has 0 unspecified atom stereocenters. The number of amides is 1. The average molecular weight is 328 g/mol. The maximum Gasteiger partial charge on any atom is 0.270 e. The minimum atomic E-state index is -0.124. The molecule has 0 aliphatic carbocycles. The van der Waals surface area contributed by atoms with Crippen molar-refractivity contribution in [2.75, 3.05) is 6.54 Å². The maximum absolute atomic E-state index is 12.5. The fourth-order valence-corrected chi connectivity index (χ4v) is 3.54. The van der Waals surface area contributed by atoms with Gasteiger partial charge in [-0.15, -0.1) is 0 Å². The second-order valence-corrected chi connectivity index (χ2v) is 6.24. The molecule has 0 bridgehead atoms. The summed E-state index contributed by atoms with van der Waals surface area (Å²) in [6.07, 6.45) is 3.85. The number of carbonyl (C=O) groups excluding carboxylic acids is 1. The molecule has 1 amide bonds. The maximum atomic E-state index is 12.5. The van der Waals surface area contributed by atoms with Gasteiger partial charge in [-0.2, -0.15) is 0 Å². The molecule has 2 aromatic heterocycles. The third kappa shape index (κ3) is 2.16. The first-order chi connectivity index (χ1) is 12.3. The van der Waals surface area contributed by atoms with Crippen molar-refractivity contribution >= 4 is 33.4 Å². The highest BCUT2D eigenvalue weighted by Gasteiger charge is 2.26. The Morgan fingerprint density at radius 3 is 2.40 bits per heavy atom. The number of aromatic nitrogens is 2. The minimum Gasteiger partial charge on any atom is -0.361 e. The van der Waals surface area contributed by atoms with Crippen LogP contribution < -0.4 is 5.32 Å². The monoisotopic (exact) mass is 328 g/mol. The lowest BCUT2D eigenvalue weighted by molar-refractivity contribution is -0.115. The highest BCUT2D eigenvalue weighted by Crippen LogP contribution is 2.29. The fraction of sp³-hybridized carbons (Fsp3) is 0.100. The number of benzene rings is 2. The van der Waals surface area contributed by atoms with Crippen LogP contribution in [0.2, 0.25) is 0 Å². The number of carbonyl (C=O) groups is 1. The van der Waals surface area contributed by atoms with Crippen LogP contribution in [0.5, 0.6) is 0 Å². The van der Waals surface area contributed by atoms with Crippen LogP contribution in [0.4, 0.5) is 0 Å². The van der Waals surface area contributed by atoms with E-state index in [2.05, 4.69) is 21.4 Å². The summed E-state index contributed by atoms with van der Waals surface area (Å²) in [6, 6.07) is 16.0. The van der Waals surface area contributed by atoms with Crippen molar-refractivity contribution in [2.45, 2.75) is 6.04 Å². The normalized spacial score (nSPS) is 17.7. The molecule has 4 aromatic rings. The molecule has 5 rings (SSSR count). The Bertz CT molecular complexity index is 1130. The smallest absolute Gasteiger partial charge is 0.270 e. The third-order valence-electron chi connectivity index (χ3n) is 4.78. The van der Waals surface area contributed by atoms with Crippen molar-refractivity contribution in [1.29, 1.82) is 0 Å². The third-order valence-corrected chi connectivity index (χ3v) is 4.78. The molecule has 0 saturated carbocycles. The van der Waals surface area contributed by atoms with Gasteiger partial charge in [0.25, 0.3) is 5.91 Å². The van der Waals surface area contributed by atoms with Gasteiger partial charge in [0.2, 0.25) is 0 Å². The number of hydrogen-bond acceptors (Lipinski definition) is 2. The zero-order chi connectivity index (χ0) is 16.8. The molecule has 122 valence electrons. The first-order valence-electron chi connectivity index (χ1n) is 8.30. The summed E-state index contributed by atoms with van der Waals surface area (Å²) in [7, 11) is 0. The van der Waals surface area contributed by atoms with Gasteiger partial charge in [-0.3, -0.25) is 9.79 Å². The molecule has 1 atom stereocenters. The zero-order valence-electron chi connectivity index (χ0n) is 13.4. The van der Waals surface area contributed by atoms with Crippen LogP contribution in [0.15, 0.2) is 65.9 Å². The molecule has 0 spiro atoms. The number of rotatable bonds is 2. The van der Waals surface area contributed by atoms with Gasteiger partial charge in [0.1, 0.15) is 5.71 Å². The number of H-pyrrole nitrogens is 2. The van der Waals surface area contributed by atoms with E-state index in [9.17, 15) is 4.79 Å². The SMILES string of the molecule is O=C1NC[C@@H](c2c[nH]c3ccccc23)N=C1c1c[nH]c2ccccc12. The Hall–Kier alpha value is -3.34. The van der Waals surface area contributed by atoms with Gasteiger partial charge in [-0.25, -0.2) is 0 Å². The number of hydrogen-bond donors (Lipinski definition) is 3. The van der Waals surface area contributed by atoms with E-state index in [0.717, 1.165) is 32.9 Å². The molecule has 3 heterocycles. The second-order valence-electron chi connectivity index (χ2n) is 6.24. The Labute approximate surface area is 143 Å². The van der Waals surface area contributed by atoms with E-state index in [4.69, 9.17) is 4.99 Å². The van der Waals surface area contributed by atoms with Crippen molar-refractivity contribution in [3.8, 4) is 0 Å². The van der Waals surface area contributed by atoms with E-state index < -0.39 is 0 Å². The summed E-state index contributed by atoms with van der Waals surface area (Å²) in [6.45, 7) is 0.506. The van der Waals surface area contributed by atoms with E-state index in [1.165, 1.54) is 0 Å². The van der Waals surface area contributed by atoms with Gasteiger partial charge >= 0.3 is 0 Å². The fourth-order valence-electron chi connectivity index (χ4n) is 3.54. The predicted octanol–water partition coefficient (Wildman–Crippen LogP) is 3.31. The molecule has 25 heavy (non-hydrogen) atoms. The van der Waals surface area contributed by atoms with Crippen LogP contribution in [0, 0.1) is 0 Å². The first-order valence-corrected chi connectivity index (χ1v) is 8.30. The van der Waals surface area contributed by atoms with Crippen LogP contribution in [0.25, 0.3) is 21.8 Å². The number of nitrogens with one attached hydrogen (secondary N) is 3. The molecule has 2 aromatic carbocycles. The molecule has 3 N–H and O–H groups in total. The number of fused-ring (bicyclic) bond motifs is 2. The van der Waals surface area contributed by atoms with Crippen molar-refractivity contribution in [2.24, 2.45) is 4.99 Å². The molecule has 1 aliphatic rings. The van der Waals surface area contributed by atoms with Crippen LogP contribution in [0.3, 0.4) is 0 Å². The van der Waals surface area contributed by atoms with Gasteiger partial charge in [0, 0.05) is 51.9 Å². The standard InChI is InChI=1S/C20H16N4O/c25-20-19(15-10-22-17-8-4-2-6-13(15)17)24-18(11-23-20)14-9-21-16-7-3-1-5-12(14)16/h1-10,18,21-22H,11H2,(H,23,25)/t18-/m0/s1. The van der Waals surface area contributed by atoms with Crippen molar-refractivity contribution < 1.29 is 4.79 Å². The molecule has 5 nitrogen and oxygen atoms in total. The molecular weight excluding hydrogens is 312 g/mol. The lowest BCUT2D eigenvalue weighted by Crippen LogP contribution is -2.39. The van der Waals surface area contributed by atoms with Gasteiger partial charge in [0.15, 0.2) is 0 Å².